The van der Waals surface area contributed by atoms with Gasteiger partial charge in [0.2, 0.25) is 8.32 Å². The average molecular weight is 196 g/mol. The molecule has 0 fully saturated rings. The number of hydrogen-bond acceptors (Lipinski definition) is 1. The predicted molar refractivity (Wildman–Crippen MR) is 60.1 cm³/mol. The lowest BCUT2D eigenvalue weighted by atomic mass is 9.91. The molecule has 2 heteroatoms. The van der Waals surface area contributed by atoms with Crippen molar-refractivity contribution in [1.29, 1.82) is 0 Å². The van der Waals surface area contributed by atoms with Crippen LogP contribution in [-0.2, 0) is 4.43 Å². The van der Waals surface area contributed by atoms with Gasteiger partial charge in [0.05, 0.1) is 5.76 Å². The molecule has 0 unspecified atom stereocenters. The fraction of sp³-hybridized carbons (Fsp3) is 0.636. The van der Waals surface area contributed by atoms with E-state index in [4.69, 9.17) is 4.43 Å². The standard InChI is InChI=1S/C11H20OSi/c1-9-7-10(11(2,3)8-9)12-13(4,5)6/h7H,1,8H2,2-6H3. The third-order valence-corrected chi connectivity index (χ3v) is 2.92. The van der Waals surface area contributed by atoms with E-state index in [0.29, 0.717) is 0 Å². The maximum Gasteiger partial charge on any atom is 0.241 e. The highest BCUT2D eigenvalue weighted by atomic mass is 28.4. The summed E-state index contributed by atoms with van der Waals surface area (Å²) in [5, 5.41) is 0. The molecule has 0 spiro atoms. The molecule has 1 nitrogen and oxygen atoms in total. The normalized spacial score (nSPS) is 21.6. The maximum atomic E-state index is 6.02. The van der Waals surface area contributed by atoms with Crippen molar-refractivity contribution in [2.75, 3.05) is 0 Å². The van der Waals surface area contributed by atoms with Crippen LogP contribution in [0, 0.1) is 5.41 Å². The lowest BCUT2D eigenvalue weighted by Gasteiger charge is -2.29. The van der Waals surface area contributed by atoms with Crippen LogP contribution >= 0.6 is 0 Å². The van der Waals surface area contributed by atoms with Crippen molar-refractivity contribution in [3.05, 3.63) is 24.0 Å². The average Bonchev–Trinajstić information content (AvgIpc) is 2.00. The molecule has 0 amide bonds. The van der Waals surface area contributed by atoms with Crippen molar-refractivity contribution < 1.29 is 4.43 Å². The van der Waals surface area contributed by atoms with Gasteiger partial charge >= 0.3 is 0 Å². The Balaban J connectivity index is 2.80. The minimum Gasteiger partial charge on any atom is -0.547 e. The summed E-state index contributed by atoms with van der Waals surface area (Å²) in [5.41, 5.74) is 1.36. The highest BCUT2D eigenvalue weighted by Gasteiger charge is 2.33. The second-order valence-electron chi connectivity index (χ2n) is 5.44. The smallest absolute Gasteiger partial charge is 0.241 e. The van der Waals surface area contributed by atoms with Crippen LogP contribution in [0.1, 0.15) is 20.3 Å². The molecule has 0 aliphatic heterocycles. The zero-order valence-corrected chi connectivity index (χ0v) is 10.4. The lowest BCUT2D eigenvalue weighted by molar-refractivity contribution is 0.283. The molecule has 0 saturated carbocycles. The van der Waals surface area contributed by atoms with E-state index in [1.54, 1.807) is 0 Å². The molecule has 0 aromatic heterocycles. The first-order valence-corrected chi connectivity index (χ1v) is 8.20. The van der Waals surface area contributed by atoms with Crippen LogP contribution in [0.25, 0.3) is 0 Å². The Bertz CT molecular complexity index is 256. The fourth-order valence-corrected chi connectivity index (χ4v) is 2.58. The molecule has 74 valence electrons. The SMILES string of the molecule is C=C1C=C(O[Si](C)(C)C)C(C)(C)C1. The van der Waals surface area contributed by atoms with Crippen LogP contribution in [0.2, 0.25) is 19.6 Å². The van der Waals surface area contributed by atoms with Gasteiger partial charge in [-0.25, -0.2) is 0 Å². The van der Waals surface area contributed by atoms with Gasteiger partial charge in [-0.05, 0) is 32.1 Å². The summed E-state index contributed by atoms with van der Waals surface area (Å²) in [4.78, 5) is 0. The van der Waals surface area contributed by atoms with Crippen molar-refractivity contribution in [3.8, 4) is 0 Å². The molecule has 0 radical (unpaired) electrons. The molecule has 0 heterocycles. The number of rotatable bonds is 2. The second kappa shape index (κ2) is 3.02. The molecule has 1 rings (SSSR count). The Morgan fingerprint density at radius 1 is 1.38 bits per heavy atom. The van der Waals surface area contributed by atoms with E-state index >= 15 is 0 Å². The summed E-state index contributed by atoms with van der Waals surface area (Å²) in [6.45, 7) is 15.1. The van der Waals surface area contributed by atoms with Gasteiger partial charge in [0, 0.05) is 5.41 Å². The zero-order valence-electron chi connectivity index (χ0n) is 9.40. The minimum absolute atomic E-state index is 0.164. The first-order valence-electron chi connectivity index (χ1n) is 4.80. The van der Waals surface area contributed by atoms with Gasteiger partial charge in [-0.15, -0.1) is 0 Å². The number of hydrogen-bond donors (Lipinski definition) is 0. The van der Waals surface area contributed by atoms with Crippen molar-refractivity contribution >= 4 is 8.32 Å². The second-order valence-corrected chi connectivity index (χ2v) is 9.87. The molecule has 1 aliphatic rings. The Hall–Kier alpha value is -0.503. The third kappa shape index (κ3) is 2.73. The van der Waals surface area contributed by atoms with Gasteiger partial charge in [-0.3, -0.25) is 0 Å². The molecule has 0 N–H and O–H groups in total. The van der Waals surface area contributed by atoms with Crippen LogP contribution in [-0.4, -0.2) is 8.32 Å². The van der Waals surface area contributed by atoms with Crippen molar-refractivity contribution in [2.24, 2.45) is 5.41 Å². The van der Waals surface area contributed by atoms with Gasteiger partial charge in [0.1, 0.15) is 0 Å². The summed E-state index contributed by atoms with van der Waals surface area (Å²) in [5.74, 6) is 1.14. The molecule has 0 saturated heterocycles. The topological polar surface area (TPSA) is 9.23 Å². The van der Waals surface area contributed by atoms with Gasteiger partial charge in [0.15, 0.2) is 0 Å². The first kappa shape index (κ1) is 10.6. The Morgan fingerprint density at radius 3 is 2.23 bits per heavy atom. The third-order valence-electron chi connectivity index (χ3n) is 2.09. The molecular weight excluding hydrogens is 176 g/mol. The molecule has 0 aromatic carbocycles. The van der Waals surface area contributed by atoms with Gasteiger partial charge < -0.3 is 4.43 Å². The predicted octanol–water partition coefficient (Wildman–Crippen LogP) is 3.71. The Labute approximate surface area is 82.6 Å². The molecule has 13 heavy (non-hydrogen) atoms. The van der Waals surface area contributed by atoms with E-state index in [-0.39, 0.29) is 5.41 Å². The summed E-state index contributed by atoms with van der Waals surface area (Å²) >= 11 is 0. The van der Waals surface area contributed by atoms with Crippen LogP contribution in [0.3, 0.4) is 0 Å². The van der Waals surface area contributed by atoms with E-state index in [1.165, 1.54) is 5.57 Å². The molecule has 1 aliphatic carbocycles. The van der Waals surface area contributed by atoms with Crippen molar-refractivity contribution in [3.63, 3.8) is 0 Å². The Kier molecular flexibility index (Phi) is 2.45. The zero-order chi connectivity index (χ0) is 10.3. The minimum atomic E-state index is -1.45. The van der Waals surface area contributed by atoms with Gasteiger partial charge in [-0.2, -0.15) is 0 Å². The van der Waals surface area contributed by atoms with Crippen molar-refractivity contribution in [1.82, 2.24) is 0 Å². The van der Waals surface area contributed by atoms with E-state index in [0.717, 1.165) is 12.2 Å². The molecule has 0 aromatic rings. The monoisotopic (exact) mass is 196 g/mol. The van der Waals surface area contributed by atoms with E-state index < -0.39 is 8.32 Å². The van der Waals surface area contributed by atoms with E-state index in [2.05, 4.69) is 46.1 Å². The first-order chi connectivity index (χ1) is 5.71. The molecule has 0 atom stereocenters. The van der Waals surface area contributed by atoms with Crippen LogP contribution < -0.4 is 0 Å². The van der Waals surface area contributed by atoms with E-state index in [1.807, 2.05) is 0 Å². The number of allylic oxidation sites excluding steroid dienone is 3. The molecule has 0 bridgehead atoms. The van der Waals surface area contributed by atoms with E-state index in [9.17, 15) is 0 Å². The van der Waals surface area contributed by atoms with Crippen LogP contribution in [0.15, 0.2) is 24.0 Å². The summed E-state index contributed by atoms with van der Waals surface area (Å²) in [6.07, 6.45) is 3.14. The van der Waals surface area contributed by atoms with Crippen LogP contribution in [0.4, 0.5) is 0 Å². The van der Waals surface area contributed by atoms with Gasteiger partial charge in [-0.1, -0.05) is 26.0 Å². The highest BCUT2D eigenvalue weighted by molar-refractivity contribution is 6.70. The van der Waals surface area contributed by atoms with Crippen LogP contribution in [0.5, 0.6) is 0 Å². The summed E-state index contributed by atoms with van der Waals surface area (Å²) in [6, 6.07) is 0. The van der Waals surface area contributed by atoms with Gasteiger partial charge in [0.25, 0.3) is 0 Å². The summed E-state index contributed by atoms with van der Waals surface area (Å²) < 4.78 is 6.02. The van der Waals surface area contributed by atoms with Crippen molar-refractivity contribution in [2.45, 2.75) is 39.9 Å². The quantitative estimate of drug-likeness (QED) is 0.612. The summed E-state index contributed by atoms with van der Waals surface area (Å²) in [7, 11) is -1.45. The fourth-order valence-electron chi connectivity index (χ4n) is 1.58. The maximum absolute atomic E-state index is 6.02. The largest absolute Gasteiger partial charge is 0.547 e. The molecular formula is C11H20OSi. The lowest BCUT2D eigenvalue weighted by Crippen LogP contribution is -2.28. The highest BCUT2D eigenvalue weighted by Crippen LogP contribution is 2.41. The Morgan fingerprint density at radius 2 is 1.92 bits per heavy atom.